The lowest BCUT2D eigenvalue weighted by molar-refractivity contribution is -0.141. The molecule has 0 saturated carbocycles. The number of carbonyl (C=O) groups is 2. The van der Waals surface area contributed by atoms with Crippen molar-refractivity contribution in [3.8, 4) is 5.75 Å². The van der Waals surface area contributed by atoms with E-state index in [1.165, 1.54) is 55.6 Å². The number of methoxy groups -OCH3 is 1. The highest BCUT2D eigenvalue weighted by molar-refractivity contribution is 7.89. The largest absolute Gasteiger partial charge is 0.497 e. The number of carbonyl (C=O) groups excluding carboxylic acids is 1. The van der Waals surface area contributed by atoms with Crippen LogP contribution in [0.4, 0.5) is 18.9 Å². The standard InChI is InChI=1S/C25H20ClF3N2O6S/c1-37-16-9-11-17(12-10-16)38(35,36)31-13-15-5-2-3-8-20(15)30(14-21(31)24(33)34)23(32)22-18(25(27,28)29)6-4-7-19(22)26/h2-12,21H,13-14H2,1H3,(H,33,34). The molecule has 38 heavy (non-hydrogen) atoms. The van der Waals surface area contributed by atoms with Gasteiger partial charge >= 0.3 is 12.1 Å². The molecule has 0 aromatic heterocycles. The summed E-state index contributed by atoms with van der Waals surface area (Å²) >= 11 is 6.04. The number of amides is 1. The number of aliphatic carboxylic acids is 1. The molecule has 8 nitrogen and oxygen atoms in total. The molecular weight excluding hydrogens is 549 g/mol. The number of alkyl halides is 3. The third kappa shape index (κ3) is 5.06. The van der Waals surface area contributed by atoms with Crippen LogP contribution in [0.1, 0.15) is 21.5 Å². The molecule has 3 aromatic rings. The number of carboxylic acids is 1. The van der Waals surface area contributed by atoms with Crippen molar-refractivity contribution < 1.29 is 41.0 Å². The molecule has 1 N–H and O–H groups in total. The number of ether oxygens (including phenoxy) is 1. The van der Waals surface area contributed by atoms with Crippen molar-refractivity contribution in [2.75, 3.05) is 18.6 Å². The smallest absolute Gasteiger partial charge is 0.417 e. The van der Waals surface area contributed by atoms with Crippen molar-refractivity contribution in [2.24, 2.45) is 0 Å². The topological polar surface area (TPSA) is 104 Å². The maximum atomic E-state index is 13.8. The van der Waals surface area contributed by atoms with Gasteiger partial charge in [0.2, 0.25) is 10.0 Å². The van der Waals surface area contributed by atoms with Gasteiger partial charge in [-0.3, -0.25) is 9.59 Å². The molecule has 0 saturated heterocycles. The van der Waals surface area contributed by atoms with Crippen molar-refractivity contribution in [3.05, 3.63) is 88.4 Å². The minimum Gasteiger partial charge on any atom is -0.497 e. The highest BCUT2D eigenvalue weighted by atomic mass is 35.5. The highest BCUT2D eigenvalue weighted by Gasteiger charge is 2.44. The Balaban J connectivity index is 1.86. The Labute approximate surface area is 220 Å². The number of benzene rings is 3. The number of sulfonamides is 1. The zero-order valence-corrected chi connectivity index (χ0v) is 21.2. The molecule has 13 heteroatoms. The lowest BCUT2D eigenvalue weighted by Gasteiger charge is -2.29. The first kappa shape index (κ1) is 27.4. The summed E-state index contributed by atoms with van der Waals surface area (Å²) in [5, 5.41) is 9.56. The lowest BCUT2D eigenvalue weighted by Crippen LogP contribution is -2.50. The van der Waals surface area contributed by atoms with Crippen molar-refractivity contribution in [1.82, 2.24) is 4.31 Å². The number of halogens is 4. The van der Waals surface area contributed by atoms with Gasteiger partial charge in [0.05, 0.1) is 34.7 Å². The van der Waals surface area contributed by atoms with E-state index in [2.05, 4.69) is 0 Å². The van der Waals surface area contributed by atoms with Gasteiger partial charge in [-0.25, -0.2) is 8.42 Å². The second-order valence-corrected chi connectivity index (χ2v) is 10.6. The van der Waals surface area contributed by atoms with E-state index in [4.69, 9.17) is 16.3 Å². The Kier molecular flexibility index (Phi) is 7.42. The monoisotopic (exact) mass is 568 g/mol. The summed E-state index contributed by atoms with van der Waals surface area (Å²) in [4.78, 5) is 26.6. The summed E-state index contributed by atoms with van der Waals surface area (Å²) in [6, 6.07) is 12.2. The molecule has 1 aliphatic rings. The van der Waals surface area contributed by atoms with Crippen LogP contribution in [0.25, 0.3) is 0 Å². The van der Waals surface area contributed by atoms with Gasteiger partial charge in [-0.2, -0.15) is 17.5 Å². The molecule has 1 heterocycles. The van der Waals surface area contributed by atoms with E-state index in [9.17, 15) is 36.3 Å². The van der Waals surface area contributed by atoms with E-state index in [0.29, 0.717) is 16.1 Å². The van der Waals surface area contributed by atoms with E-state index in [1.54, 1.807) is 0 Å². The molecule has 0 radical (unpaired) electrons. The van der Waals surface area contributed by atoms with Crippen LogP contribution in [0.5, 0.6) is 5.75 Å². The predicted molar refractivity (Wildman–Crippen MR) is 132 cm³/mol. The van der Waals surface area contributed by atoms with E-state index in [-0.39, 0.29) is 16.1 Å². The van der Waals surface area contributed by atoms with Crippen LogP contribution in [0.3, 0.4) is 0 Å². The van der Waals surface area contributed by atoms with Crippen LogP contribution in [-0.2, 0) is 27.5 Å². The van der Waals surface area contributed by atoms with Gasteiger partial charge in [0.1, 0.15) is 11.8 Å². The molecule has 0 fully saturated rings. The van der Waals surface area contributed by atoms with Crippen molar-refractivity contribution >= 4 is 39.2 Å². The van der Waals surface area contributed by atoms with Crippen LogP contribution >= 0.6 is 11.6 Å². The molecule has 0 aliphatic carbocycles. The summed E-state index contributed by atoms with van der Waals surface area (Å²) in [5.41, 5.74) is -1.90. The first-order chi connectivity index (χ1) is 17.9. The molecule has 1 aliphatic heterocycles. The molecule has 1 amide bonds. The molecule has 3 aromatic carbocycles. The Morgan fingerprint density at radius 3 is 2.29 bits per heavy atom. The average molecular weight is 569 g/mol. The molecule has 1 atom stereocenters. The first-order valence-electron chi connectivity index (χ1n) is 11.0. The zero-order chi connectivity index (χ0) is 27.8. The van der Waals surface area contributed by atoms with E-state index in [1.807, 2.05) is 0 Å². The van der Waals surface area contributed by atoms with E-state index >= 15 is 0 Å². The van der Waals surface area contributed by atoms with Crippen LogP contribution in [-0.4, -0.2) is 49.4 Å². The number of carboxylic acid groups (broad SMARTS) is 1. The number of nitrogens with zero attached hydrogens (tertiary/aromatic N) is 2. The minimum atomic E-state index is -4.93. The summed E-state index contributed by atoms with van der Waals surface area (Å²) < 4.78 is 74.3. The summed E-state index contributed by atoms with van der Waals surface area (Å²) in [7, 11) is -3.05. The Bertz CT molecular complexity index is 1500. The maximum absolute atomic E-state index is 13.8. The normalized spacial score (nSPS) is 16.4. The highest BCUT2D eigenvalue weighted by Crippen LogP contribution is 2.38. The second-order valence-electron chi connectivity index (χ2n) is 8.28. The van der Waals surface area contributed by atoms with Gasteiger partial charge in [0.15, 0.2) is 0 Å². The van der Waals surface area contributed by atoms with Crippen LogP contribution in [0.2, 0.25) is 5.02 Å². The zero-order valence-electron chi connectivity index (χ0n) is 19.6. The number of anilines is 1. The van der Waals surface area contributed by atoms with Gasteiger partial charge in [-0.05, 0) is 48.0 Å². The fourth-order valence-electron chi connectivity index (χ4n) is 4.19. The third-order valence-corrected chi connectivity index (χ3v) is 8.22. The molecular formula is C25H20ClF3N2O6S. The minimum absolute atomic E-state index is 0.0595. The molecule has 1 unspecified atom stereocenters. The maximum Gasteiger partial charge on any atom is 0.417 e. The van der Waals surface area contributed by atoms with Gasteiger partial charge in [0, 0.05) is 12.2 Å². The van der Waals surface area contributed by atoms with Crippen LogP contribution in [0, 0.1) is 0 Å². The predicted octanol–water partition coefficient (Wildman–Crippen LogP) is 4.67. The molecule has 4 rings (SSSR count). The van der Waals surface area contributed by atoms with E-state index in [0.717, 1.165) is 17.0 Å². The number of para-hydroxylation sites is 1. The van der Waals surface area contributed by atoms with Gasteiger partial charge in [-0.15, -0.1) is 0 Å². The summed E-state index contributed by atoms with van der Waals surface area (Å²) in [6.07, 6.45) is -4.93. The Morgan fingerprint density at radius 2 is 1.68 bits per heavy atom. The number of rotatable bonds is 5. The lowest BCUT2D eigenvalue weighted by atomic mass is 10.0. The van der Waals surface area contributed by atoms with E-state index < -0.39 is 63.4 Å². The third-order valence-electron chi connectivity index (χ3n) is 6.04. The van der Waals surface area contributed by atoms with Crippen LogP contribution < -0.4 is 9.64 Å². The van der Waals surface area contributed by atoms with Gasteiger partial charge < -0.3 is 14.7 Å². The fraction of sp³-hybridized carbons (Fsp3) is 0.200. The number of fused-ring (bicyclic) bond motifs is 1. The SMILES string of the molecule is COc1ccc(S(=O)(=O)N2Cc3ccccc3N(C(=O)c3c(Cl)cccc3C(F)(F)F)CC2C(=O)O)cc1. The molecule has 0 spiro atoms. The Hall–Kier alpha value is -3.61. The fourth-order valence-corrected chi connectivity index (χ4v) is 6.00. The van der Waals surface area contributed by atoms with Crippen LogP contribution in [0.15, 0.2) is 71.6 Å². The van der Waals surface area contributed by atoms with Crippen molar-refractivity contribution in [1.29, 1.82) is 0 Å². The Morgan fingerprint density at radius 1 is 1.03 bits per heavy atom. The summed E-state index contributed by atoms with van der Waals surface area (Å²) in [5.74, 6) is -2.44. The molecule has 0 bridgehead atoms. The average Bonchev–Trinajstić information content (AvgIpc) is 3.05. The quantitative estimate of drug-likeness (QED) is 0.480. The van der Waals surface area contributed by atoms with Gasteiger partial charge in [0.25, 0.3) is 5.91 Å². The first-order valence-corrected chi connectivity index (χ1v) is 12.8. The summed E-state index contributed by atoms with van der Waals surface area (Å²) in [6.45, 7) is -1.23. The molecule has 200 valence electrons. The van der Waals surface area contributed by atoms with Crippen molar-refractivity contribution in [2.45, 2.75) is 23.7 Å². The van der Waals surface area contributed by atoms with Gasteiger partial charge in [-0.1, -0.05) is 35.9 Å². The number of hydrogen-bond donors (Lipinski definition) is 1. The number of hydrogen-bond acceptors (Lipinski definition) is 5. The van der Waals surface area contributed by atoms with Crippen molar-refractivity contribution in [3.63, 3.8) is 0 Å². The second kappa shape index (κ2) is 10.3.